The summed E-state index contributed by atoms with van der Waals surface area (Å²) >= 11 is 0. The lowest BCUT2D eigenvalue weighted by Gasteiger charge is -2.20. The number of rotatable bonds is 5. The number of anilines is 1. The zero-order chi connectivity index (χ0) is 14.7. The van der Waals surface area contributed by atoms with E-state index in [1.165, 1.54) is 23.2 Å². The lowest BCUT2D eigenvalue weighted by molar-refractivity contribution is 0.414. The van der Waals surface area contributed by atoms with Crippen molar-refractivity contribution in [3.63, 3.8) is 0 Å². The van der Waals surface area contributed by atoms with Crippen molar-refractivity contribution in [1.29, 1.82) is 0 Å². The molecule has 1 heterocycles. The molecular weight excluding hydrogens is 262 g/mol. The fourth-order valence-corrected chi connectivity index (χ4v) is 2.87. The van der Waals surface area contributed by atoms with Crippen LogP contribution >= 0.6 is 0 Å². The Morgan fingerprint density at radius 1 is 1.14 bits per heavy atom. The van der Waals surface area contributed by atoms with Gasteiger partial charge in [-0.1, -0.05) is 12.1 Å². The minimum atomic E-state index is 0.903. The third kappa shape index (κ3) is 2.99. The van der Waals surface area contributed by atoms with E-state index in [9.17, 15) is 0 Å². The summed E-state index contributed by atoms with van der Waals surface area (Å²) in [4.78, 5) is 11.1. The lowest BCUT2D eigenvalue weighted by atomic mass is 10.1. The molecule has 1 aliphatic carbocycles. The molecule has 0 radical (unpaired) electrons. The van der Waals surface area contributed by atoms with Crippen LogP contribution in [0.15, 0.2) is 30.6 Å². The summed E-state index contributed by atoms with van der Waals surface area (Å²) in [7, 11) is 3.81. The number of ether oxygens (including phenoxy) is 1. The van der Waals surface area contributed by atoms with Gasteiger partial charge in [0, 0.05) is 24.8 Å². The number of hydrogen-bond donors (Lipinski definition) is 0. The molecule has 0 fully saturated rings. The van der Waals surface area contributed by atoms with Crippen molar-refractivity contribution in [3.05, 3.63) is 47.4 Å². The topological polar surface area (TPSA) is 38.2 Å². The molecule has 0 bridgehead atoms. The Morgan fingerprint density at radius 2 is 1.95 bits per heavy atom. The molecule has 0 unspecified atom stereocenters. The number of fused-ring (bicyclic) bond motifs is 1. The van der Waals surface area contributed by atoms with Crippen LogP contribution in [0.4, 0.5) is 5.82 Å². The maximum Gasteiger partial charge on any atom is 0.135 e. The van der Waals surface area contributed by atoms with Gasteiger partial charge in [-0.3, -0.25) is 0 Å². The Hall–Kier alpha value is -2.10. The summed E-state index contributed by atoms with van der Waals surface area (Å²) in [6.45, 7) is 0.954. The number of likely N-dealkylation sites (N-methyl/N-ethyl adjacent to an activating group) is 1. The summed E-state index contributed by atoms with van der Waals surface area (Å²) < 4.78 is 5.19. The molecule has 1 aromatic carbocycles. The van der Waals surface area contributed by atoms with Crippen molar-refractivity contribution in [2.45, 2.75) is 25.7 Å². The van der Waals surface area contributed by atoms with Crippen molar-refractivity contribution in [2.75, 3.05) is 25.6 Å². The molecule has 1 aliphatic rings. The second-order valence-electron chi connectivity index (χ2n) is 5.50. The molecule has 1 aromatic heterocycles. The van der Waals surface area contributed by atoms with Gasteiger partial charge in [-0.25, -0.2) is 9.97 Å². The molecule has 4 heteroatoms. The first-order valence-corrected chi connectivity index (χ1v) is 7.45. The first-order chi connectivity index (χ1) is 10.3. The predicted octanol–water partition coefficient (Wildman–Crippen LogP) is 2.65. The summed E-state index contributed by atoms with van der Waals surface area (Å²) in [5.74, 6) is 2.01. The molecule has 0 saturated carbocycles. The van der Waals surface area contributed by atoms with Gasteiger partial charge < -0.3 is 9.64 Å². The van der Waals surface area contributed by atoms with E-state index in [0.29, 0.717) is 0 Å². The second-order valence-corrected chi connectivity index (χ2v) is 5.50. The maximum atomic E-state index is 5.19. The first kappa shape index (κ1) is 13.9. The van der Waals surface area contributed by atoms with Crippen molar-refractivity contribution < 1.29 is 4.74 Å². The fraction of sp³-hybridized carbons (Fsp3) is 0.412. The number of aryl methyl sites for hydroxylation is 1. The molecule has 0 spiro atoms. The third-order valence-electron chi connectivity index (χ3n) is 4.11. The van der Waals surface area contributed by atoms with E-state index in [0.717, 1.165) is 37.4 Å². The van der Waals surface area contributed by atoms with E-state index in [-0.39, 0.29) is 0 Å². The average Bonchev–Trinajstić information content (AvgIpc) is 3.01. The zero-order valence-corrected chi connectivity index (χ0v) is 12.7. The van der Waals surface area contributed by atoms with E-state index in [4.69, 9.17) is 4.74 Å². The Bertz CT molecular complexity index is 610. The number of methoxy groups -OCH3 is 1. The minimum Gasteiger partial charge on any atom is -0.497 e. The van der Waals surface area contributed by atoms with Gasteiger partial charge in [0.25, 0.3) is 0 Å². The third-order valence-corrected chi connectivity index (χ3v) is 4.11. The summed E-state index contributed by atoms with van der Waals surface area (Å²) in [5.41, 5.74) is 3.89. The van der Waals surface area contributed by atoms with Gasteiger partial charge in [0.15, 0.2) is 0 Å². The number of benzene rings is 1. The Kier molecular flexibility index (Phi) is 4.04. The van der Waals surface area contributed by atoms with Crippen molar-refractivity contribution >= 4 is 5.82 Å². The zero-order valence-electron chi connectivity index (χ0n) is 12.7. The predicted molar refractivity (Wildman–Crippen MR) is 84.0 cm³/mol. The molecular formula is C17H21N3O. The van der Waals surface area contributed by atoms with Crippen LogP contribution in [-0.4, -0.2) is 30.7 Å². The first-order valence-electron chi connectivity index (χ1n) is 7.45. The van der Waals surface area contributed by atoms with Crippen LogP contribution < -0.4 is 9.64 Å². The van der Waals surface area contributed by atoms with Gasteiger partial charge >= 0.3 is 0 Å². The largest absolute Gasteiger partial charge is 0.497 e. The molecule has 110 valence electrons. The van der Waals surface area contributed by atoms with Crippen molar-refractivity contribution in [2.24, 2.45) is 0 Å². The highest BCUT2D eigenvalue weighted by Crippen LogP contribution is 2.27. The maximum absolute atomic E-state index is 5.19. The Morgan fingerprint density at radius 3 is 2.71 bits per heavy atom. The van der Waals surface area contributed by atoms with Crippen molar-refractivity contribution in [3.8, 4) is 5.75 Å². The van der Waals surface area contributed by atoms with Crippen LogP contribution in [0.1, 0.15) is 23.2 Å². The van der Waals surface area contributed by atoms with Crippen LogP contribution in [0.3, 0.4) is 0 Å². The van der Waals surface area contributed by atoms with Crippen LogP contribution in [0, 0.1) is 0 Å². The monoisotopic (exact) mass is 283 g/mol. The number of nitrogens with zero attached hydrogens (tertiary/aromatic N) is 3. The van der Waals surface area contributed by atoms with Gasteiger partial charge in [0.05, 0.1) is 7.11 Å². The van der Waals surface area contributed by atoms with E-state index < -0.39 is 0 Å². The normalized spacial score (nSPS) is 13.0. The minimum absolute atomic E-state index is 0.903. The van der Waals surface area contributed by atoms with Gasteiger partial charge in [0.1, 0.15) is 17.9 Å². The van der Waals surface area contributed by atoms with Gasteiger partial charge in [-0.05, 0) is 43.4 Å². The molecule has 0 atom stereocenters. The summed E-state index contributed by atoms with van der Waals surface area (Å²) in [6.07, 6.45) is 6.10. The molecule has 0 amide bonds. The fourth-order valence-electron chi connectivity index (χ4n) is 2.87. The summed E-state index contributed by atoms with van der Waals surface area (Å²) in [6, 6.07) is 8.27. The van der Waals surface area contributed by atoms with Crippen molar-refractivity contribution in [1.82, 2.24) is 9.97 Å². The van der Waals surface area contributed by atoms with E-state index in [2.05, 4.69) is 34.0 Å². The smallest absolute Gasteiger partial charge is 0.135 e. The van der Waals surface area contributed by atoms with E-state index >= 15 is 0 Å². The molecule has 3 rings (SSSR count). The van der Waals surface area contributed by atoms with Crippen LogP contribution in [0.2, 0.25) is 0 Å². The van der Waals surface area contributed by atoms with E-state index in [1.54, 1.807) is 13.4 Å². The molecule has 0 aliphatic heterocycles. The van der Waals surface area contributed by atoms with Gasteiger partial charge in [-0.2, -0.15) is 0 Å². The van der Waals surface area contributed by atoms with E-state index in [1.807, 2.05) is 12.1 Å². The Balaban J connectivity index is 1.66. The molecule has 0 N–H and O–H groups in total. The SMILES string of the molecule is COc1ccc(CCN(C)c2ncnc3c2CCC3)cc1. The van der Waals surface area contributed by atoms with Crippen LogP contribution in [0.5, 0.6) is 5.75 Å². The highest BCUT2D eigenvalue weighted by molar-refractivity contribution is 5.49. The second kappa shape index (κ2) is 6.12. The molecule has 4 nitrogen and oxygen atoms in total. The quantitative estimate of drug-likeness (QED) is 0.845. The van der Waals surface area contributed by atoms with Crippen LogP contribution in [0.25, 0.3) is 0 Å². The molecule has 21 heavy (non-hydrogen) atoms. The van der Waals surface area contributed by atoms with Gasteiger partial charge in [-0.15, -0.1) is 0 Å². The average molecular weight is 283 g/mol. The van der Waals surface area contributed by atoms with Crippen LogP contribution in [-0.2, 0) is 19.3 Å². The lowest BCUT2D eigenvalue weighted by Crippen LogP contribution is -2.23. The standard InChI is InChI=1S/C17H21N3O/c1-20(11-10-13-6-8-14(21-2)9-7-13)17-15-4-3-5-16(15)18-12-19-17/h6-9,12H,3-5,10-11H2,1-2H3. The van der Waals surface area contributed by atoms with Gasteiger partial charge in [0.2, 0.25) is 0 Å². The number of hydrogen-bond acceptors (Lipinski definition) is 4. The highest BCUT2D eigenvalue weighted by atomic mass is 16.5. The molecule has 0 saturated heterocycles. The summed E-state index contributed by atoms with van der Waals surface area (Å²) in [5, 5.41) is 0. The Labute approximate surface area is 125 Å². The number of aromatic nitrogens is 2. The molecule has 2 aromatic rings. The highest BCUT2D eigenvalue weighted by Gasteiger charge is 2.19.